The van der Waals surface area contributed by atoms with E-state index in [1.54, 1.807) is 0 Å². The van der Waals surface area contributed by atoms with Crippen molar-refractivity contribution in [1.82, 2.24) is 34.1 Å². The van der Waals surface area contributed by atoms with E-state index < -0.39 is 123 Å². The molecule has 8 N–H and O–H groups in total. The van der Waals surface area contributed by atoms with Gasteiger partial charge in [0.25, 0.3) is 42.8 Å². The number of H-pyrrole nitrogens is 1. The summed E-state index contributed by atoms with van der Waals surface area (Å²) in [6.45, 7) is -0.0188. The van der Waals surface area contributed by atoms with E-state index in [2.05, 4.69) is 42.6 Å². The van der Waals surface area contributed by atoms with E-state index in [0.717, 1.165) is 15.5 Å². The van der Waals surface area contributed by atoms with Gasteiger partial charge in [0.2, 0.25) is 12.2 Å². The Kier molecular flexibility index (Phi) is 12.6. The molecule has 328 valence electrons. The number of nitrogens with two attached hydrogens (primary N) is 2. The van der Waals surface area contributed by atoms with Gasteiger partial charge in [0.1, 0.15) is 36.6 Å². The minimum Gasteiger partial charge on any atom is -0.856 e. The minimum atomic E-state index is -6.51. The highest BCUT2D eigenvalue weighted by Gasteiger charge is 2.49. The SMILES string of the molecule is CC(C)OP(=O)([O-])O[C@@H]1C(O)[C@H](n2cnc3c(=O)[nH]c(N)nc32)O[C@@H]1COP(=O)([O-])OP(=O)([O-])OP(=O)([O-])OC[C@H]1O[C@@H]([n+]2cn(C)c3c([O-])nc(N)nc32)C(O)C1O. The molecule has 0 bridgehead atoms. The highest BCUT2D eigenvalue weighted by atomic mass is 31.3. The van der Waals surface area contributed by atoms with Crippen LogP contribution in [0.1, 0.15) is 26.3 Å². The molecule has 35 heteroatoms. The fourth-order valence-electron chi connectivity index (χ4n) is 5.92. The third-order valence-electron chi connectivity index (χ3n) is 8.18. The first-order valence-corrected chi connectivity index (χ1v) is 22.2. The lowest BCUT2D eigenvalue weighted by atomic mass is 10.1. The molecule has 59 heavy (non-hydrogen) atoms. The van der Waals surface area contributed by atoms with Gasteiger partial charge in [-0.3, -0.25) is 37.2 Å². The molecule has 6 heterocycles. The maximum absolute atomic E-state index is 12.6. The normalized spacial score (nSPS) is 29.1. The van der Waals surface area contributed by atoms with Crippen molar-refractivity contribution < 1.29 is 99.0 Å². The highest BCUT2D eigenvalue weighted by Crippen LogP contribution is 2.63. The van der Waals surface area contributed by atoms with Gasteiger partial charge in [-0.25, -0.2) is 23.2 Å². The quantitative estimate of drug-likeness (QED) is 0.0450. The first-order valence-electron chi connectivity index (χ1n) is 16.4. The van der Waals surface area contributed by atoms with Crippen LogP contribution < -0.4 is 46.3 Å². The van der Waals surface area contributed by atoms with Gasteiger partial charge in [-0.15, -0.1) is 0 Å². The van der Waals surface area contributed by atoms with Crippen LogP contribution in [0, 0.1) is 0 Å². The van der Waals surface area contributed by atoms with E-state index >= 15 is 0 Å². The third-order valence-corrected chi connectivity index (χ3v) is 13.5. The minimum absolute atomic E-state index is 0.0895. The highest BCUT2D eigenvalue weighted by molar-refractivity contribution is 7.65. The number of phosphoric acid groups is 4. The number of aromatic nitrogens is 8. The molecule has 0 aromatic carbocycles. The molecule has 0 radical (unpaired) electrons. The standard InChI is InChI=1S/C24H36N10O21P4/c1-8(2)52-58(44,45)53-16-10(51-22(15(16)37)33-6-27-11-17(33)28-23(25)30-19(11)38)5-49-57(42,43)55-59(46,47)54-56(40,41)48-4-9-13(35)14(36)21(50-9)34-7-32(3)12-18(34)29-24(26)31-20(12)39/h6-10,13-16,21-22,35-37H,4-5H2,1-3H3,(H9-,25,26,28,29,30,31,38,39,40,41,42,43,44,45,46,47)/p-4/t9-,10-,13?,14?,15?,16+,21-,22-/m1/s1. The van der Waals surface area contributed by atoms with Gasteiger partial charge in [0.05, 0.1) is 32.7 Å². The van der Waals surface area contributed by atoms with E-state index in [-0.39, 0.29) is 22.3 Å². The monoisotopic (exact) mass is 920 g/mol. The van der Waals surface area contributed by atoms with Crippen molar-refractivity contribution in [2.24, 2.45) is 7.05 Å². The number of hydrogen-bond donors (Lipinski definition) is 6. The van der Waals surface area contributed by atoms with Gasteiger partial charge in [0, 0.05) is 5.88 Å². The molecule has 0 aliphatic carbocycles. The molecule has 0 saturated carbocycles. The number of aliphatic hydroxyl groups excluding tert-OH is 3. The number of fused-ring (bicyclic) bond motifs is 2. The van der Waals surface area contributed by atoms with Crippen LogP contribution in [-0.4, -0.2) is 105 Å². The van der Waals surface area contributed by atoms with Gasteiger partial charge in [-0.1, -0.05) is 4.98 Å². The maximum atomic E-state index is 12.6. The number of ether oxygens (including phenoxy) is 2. The molecule has 0 amide bonds. The molecule has 0 spiro atoms. The van der Waals surface area contributed by atoms with E-state index in [4.69, 9.17) is 30.0 Å². The third kappa shape index (κ3) is 9.90. The van der Waals surface area contributed by atoms with Gasteiger partial charge in [0.15, 0.2) is 29.2 Å². The molecule has 4 aromatic rings. The summed E-state index contributed by atoms with van der Waals surface area (Å²) >= 11 is 0. The topological polar surface area (TPSA) is 468 Å². The second-order valence-electron chi connectivity index (χ2n) is 12.8. The number of hydrogen-bond acceptors (Lipinski definition) is 27. The second kappa shape index (κ2) is 16.5. The maximum Gasteiger partial charge on any atom is 0.309 e. The van der Waals surface area contributed by atoms with Crippen LogP contribution in [0.3, 0.4) is 0 Å². The molecule has 2 aliphatic heterocycles. The van der Waals surface area contributed by atoms with E-state index in [1.165, 1.54) is 31.8 Å². The van der Waals surface area contributed by atoms with Crippen molar-refractivity contribution in [2.75, 3.05) is 24.7 Å². The van der Waals surface area contributed by atoms with Crippen LogP contribution >= 0.6 is 31.3 Å². The summed E-state index contributed by atoms with van der Waals surface area (Å²) in [5, 5.41) is 44.5. The van der Waals surface area contributed by atoms with Crippen LogP contribution in [0.15, 0.2) is 17.4 Å². The van der Waals surface area contributed by atoms with Crippen molar-refractivity contribution >= 4 is 65.5 Å². The second-order valence-corrected chi connectivity index (χ2v) is 18.7. The molecule has 2 saturated heterocycles. The lowest BCUT2D eigenvalue weighted by molar-refractivity contribution is -0.745. The van der Waals surface area contributed by atoms with Crippen molar-refractivity contribution in [1.29, 1.82) is 0 Å². The average molecular weight is 920 g/mol. The molecule has 12 atom stereocenters. The van der Waals surface area contributed by atoms with Gasteiger partial charge < -0.3 is 79.0 Å². The Bertz CT molecular complexity index is 2480. The summed E-state index contributed by atoms with van der Waals surface area (Å²) in [7, 11) is -22.8. The van der Waals surface area contributed by atoms with Crippen LogP contribution in [0.25, 0.3) is 22.3 Å². The number of imidazole rings is 2. The Labute approximate surface area is 328 Å². The Hall–Kier alpha value is -3.38. The van der Waals surface area contributed by atoms with Gasteiger partial charge in [-0.05, 0) is 13.8 Å². The molecule has 4 aromatic heterocycles. The Morgan fingerprint density at radius 2 is 1.54 bits per heavy atom. The molecule has 2 fully saturated rings. The average Bonchev–Trinajstić information content (AvgIpc) is 3.80. The van der Waals surface area contributed by atoms with Crippen molar-refractivity contribution in [3.05, 3.63) is 23.0 Å². The molecule has 2 aliphatic rings. The van der Waals surface area contributed by atoms with Crippen molar-refractivity contribution in [2.45, 2.75) is 69.0 Å². The molecule has 31 nitrogen and oxygen atoms in total. The van der Waals surface area contributed by atoms with Crippen LogP contribution in [0.2, 0.25) is 0 Å². The fourth-order valence-corrected chi connectivity index (χ4v) is 10.4. The summed E-state index contributed by atoms with van der Waals surface area (Å²) in [5.74, 6) is -1.65. The zero-order valence-electron chi connectivity index (χ0n) is 30.0. The lowest BCUT2D eigenvalue weighted by Crippen LogP contribution is -2.46. The van der Waals surface area contributed by atoms with E-state index in [9.17, 15) is 63.1 Å². The predicted molar refractivity (Wildman–Crippen MR) is 177 cm³/mol. The van der Waals surface area contributed by atoms with Crippen molar-refractivity contribution in [3.8, 4) is 5.88 Å². The number of nitrogens with one attached hydrogen (secondary N) is 1. The zero-order valence-corrected chi connectivity index (χ0v) is 33.6. The summed E-state index contributed by atoms with van der Waals surface area (Å²) in [6.07, 6.45) is -13.7. The predicted octanol–water partition coefficient (Wildman–Crippen LogP) is -5.75. The van der Waals surface area contributed by atoms with Crippen molar-refractivity contribution in [3.63, 3.8) is 0 Å². The summed E-state index contributed by atoms with van der Waals surface area (Å²) in [6, 6.07) is 0. The Balaban J connectivity index is 1.11. The Morgan fingerprint density at radius 1 is 0.915 bits per heavy atom. The number of aryl methyl sites for hydroxylation is 1. The number of aromatic amines is 1. The van der Waals surface area contributed by atoms with Crippen LogP contribution in [0.5, 0.6) is 5.88 Å². The largest absolute Gasteiger partial charge is 0.856 e. The number of nitrogens with zero attached hydrogens (tertiary/aromatic N) is 7. The number of phosphoric ester groups is 3. The number of nitrogen functional groups attached to an aromatic ring is 2. The van der Waals surface area contributed by atoms with E-state index in [1.807, 2.05) is 0 Å². The summed E-state index contributed by atoms with van der Waals surface area (Å²) in [5.41, 5.74) is 9.46. The van der Waals surface area contributed by atoms with E-state index in [0.29, 0.717) is 0 Å². The van der Waals surface area contributed by atoms with Crippen LogP contribution in [0.4, 0.5) is 11.9 Å². The Morgan fingerprint density at radius 3 is 2.17 bits per heavy atom. The first-order chi connectivity index (χ1) is 27.3. The van der Waals surface area contributed by atoms with Gasteiger partial charge >= 0.3 is 5.65 Å². The number of rotatable bonds is 16. The molecule has 7 unspecified atom stereocenters. The number of aliphatic hydroxyl groups is 3. The zero-order chi connectivity index (χ0) is 43.6. The smallest absolute Gasteiger partial charge is 0.309 e. The molecular formula is C24H32N10O21P4-4. The fraction of sp³-hybridized carbons (Fsp3) is 0.583. The summed E-state index contributed by atoms with van der Waals surface area (Å²) < 4.78 is 90.6. The van der Waals surface area contributed by atoms with Gasteiger partial charge in [-0.2, -0.15) is 4.98 Å². The summed E-state index contributed by atoms with van der Waals surface area (Å²) in [4.78, 5) is 79.6. The lowest BCUT2D eigenvalue weighted by Gasteiger charge is -2.35. The molecular weight excluding hydrogens is 888 g/mol. The first kappa shape index (κ1) is 45.2. The molecule has 6 rings (SSSR count). The van der Waals surface area contributed by atoms with Crippen LogP contribution in [-0.2, 0) is 61.5 Å². The number of anilines is 2.